The summed E-state index contributed by atoms with van der Waals surface area (Å²) in [5.41, 5.74) is 0.192. The molecule has 9 nitrogen and oxygen atoms in total. The van der Waals surface area contributed by atoms with Crippen molar-refractivity contribution in [2.45, 2.75) is 4.90 Å². The van der Waals surface area contributed by atoms with Gasteiger partial charge in [-0.15, -0.1) is 0 Å². The summed E-state index contributed by atoms with van der Waals surface area (Å²) in [6.45, 7) is 0. The standard InChI is InChI=1S/C18H12N2O7S/c21-19(22)14-8-6-13(7-9-14)12-17(16-10-11-18(27-16)20(23)24)28(25,26)15-4-2-1-3-5-15/h1-12H/b17-12+. The van der Waals surface area contributed by atoms with Gasteiger partial charge < -0.3 is 4.42 Å². The maximum atomic E-state index is 13.1. The molecule has 0 aliphatic heterocycles. The van der Waals surface area contributed by atoms with Crippen LogP contribution in [0.3, 0.4) is 0 Å². The van der Waals surface area contributed by atoms with Gasteiger partial charge in [-0.1, -0.05) is 18.2 Å². The topological polar surface area (TPSA) is 134 Å². The number of sulfone groups is 1. The molecule has 0 saturated heterocycles. The second-order valence-corrected chi connectivity index (χ2v) is 7.49. The molecule has 142 valence electrons. The third kappa shape index (κ3) is 3.81. The Morgan fingerprint density at radius 2 is 1.50 bits per heavy atom. The van der Waals surface area contributed by atoms with Crippen molar-refractivity contribution in [2.75, 3.05) is 0 Å². The van der Waals surface area contributed by atoms with E-state index in [-0.39, 0.29) is 21.2 Å². The van der Waals surface area contributed by atoms with E-state index in [0.29, 0.717) is 5.56 Å². The molecule has 0 fully saturated rings. The number of hydrogen-bond acceptors (Lipinski definition) is 7. The van der Waals surface area contributed by atoms with Crippen LogP contribution in [0.25, 0.3) is 11.0 Å². The van der Waals surface area contributed by atoms with Crippen LogP contribution in [0.2, 0.25) is 0 Å². The Morgan fingerprint density at radius 3 is 2.04 bits per heavy atom. The van der Waals surface area contributed by atoms with Crippen LogP contribution in [0.5, 0.6) is 0 Å². The highest BCUT2D eigenvalue weighted by molar-refractivity contribution is 8.00. The lowest BCUT2D eigenvalue weighted by Gasteiger charge is -2.07. The van der Waals surface area contributed by atoms with Gasteiger partial charge in [-0.2, -0.15) is 0 Å². The largest absolute Gasteiger partial charge is 0.433 e. The van der Waals surface area contributed by atoms with Gasteiger partial charge in [0.15, 0.2) is 5.76 Å². The van der Waals surface area contributed by atoms with E-state index in [0.717, 1.165) is 6.07 Å². The maximum Gasteiger partial charge on any atom is 0.433 e. The Balaban J connectivity index is 2.16. The first-order valence-electron chi connectivity index (χ1n) is 7.80. The number of benzene rings is 2. The molecular formula is C18H12N2O7S. The predicted molar refractivity (Wildman–Crippen MR) is 100.0 cm³/mol. The number of non-ortho nitro benzene ring substituents is 1. The number of furan rings is 1. The number of nitrogens with zero attached hydrogens (tertiary/aromatic N) is 2. The van der Waals surface area contributed by atoms with Crippen LogP contribution in [-0.2, 0) is 9.84 Å². The minimum atomic E-state index is -4.08. The van der Waals surface area contributed by atoms with Crippen LogP contribution in [0, 0.1) is 20.2 Å². The van der Waals surface area contributed by atoms with Crippen LogP contribution in [0.15, 0.2) is 76.0 Å². The van der Waals surface area contributed by atoms with Gasteiger partial charge in [-0.05, 0) is 42.0 Å². The van der Waals surface area contributed by atoms with E-state index in [1.807, 2.05) is 0 Å². The van der Waals surface area contributed by atoms with Gasteiger partial charge in [0.2, 0.25) is 9.84 Å². The van der Waals surface area contributed by atoms with Gasteiger partial charge >= 0.3 is 5.88 Å². The molecule has 0 amide bonds. The van der Waals surface area contributed by atoms with Gasteiger partial charge in [0.25, 0.3) is 5.69 Å². The third-order valence-corrected chi connectivity index (χ3v) is 5.55. The predicted octanol–water partition coefficient (Wildman–Crippen LogP) is 4.07. The van der Waals surface area contributed by atoms with Crippen LogP contribution in [-0.4, -0.2) is 18.3 Å². The third-order valence-electron chi connectivity index (χ3n) is 3.76. The molecule has 0 atom stereocenters. The van der Waals surface area contributed by atoms with Crippen molar-refractivity contribution < 1.29 is 22.7 Å². The van der Waals surface area contributed by atoms with Crippen molar-refractivity contribution >= 4 is 32.4 Å². The molecule has 3 aromatic rings. The molecule has 0 aliphatic rings. The second-order valence-electron chi connectivity index (χ2n) is 5.57. The molecule has 0 radical (unpaired) electrons. The highest BCUT2D eigenvalue weighted by Gasteiger charge is 2.27. The summed E-state index contributed by atoms with van der Waals surface area (Å²) in [7, 11) is -4.08. The zero-order chi connectivity index (χ0) is 20.3. The molecule has 1 aromatic heterocycles. The Bertz CT molecular complexity index is 1160. The number of nitro groups is 2. The highest BCUT2D eigenvalue weighted by Crippen LogP contribution is 2.33. The average molecular weight is 400 g/mol. The van der Waals surface area contributed by atoms with Gasteiger partial charge in [0.05, 0.1) is 15.9 Å². The van der Waals surface area contributed by atoms with Crippen molar-refractivity contribution in [2.24, 2.45) is 0 Å². The first-order valence-corrected chi connectivity index (χ1v) is 9.28. The minimum absolute atomic E-state index is 0.0257. The Morgan fingerprint density at radius 1 is 0.857 bits per heavy atom. The van der Waals surface area contributed by atoms with Crippen LogP contribution < -0.4 is 0 Å². The summed E-state index contributed by atoms with van der Waals surface area (Å²) in [5, 5.41) is 21.7. The van der Waals surface area contributed by atoms with E-state index in [1.165, 1.54) is 48.5 Å². The average Bonchev–Trinajstić information content (AvgIpc) is 3.17. The van der Waals surface area contributed by atoms with E-state index in [9.17, 15) is 28.6 Å². The molecule has 10 heteroatoms. The van der Waals surface area contributed by atoms with Gasteiger partial charge in [-0.3, -0.25) is 20.2 Å². The highest BCUT2D eigenvalue weighted by atomic mass is 32.2. The molecule has 0 N–H and O–H groups in total. The lowest BCUT2D eigenvalue weighted by atomic mass is 10.2. The molecule has 3 rings (SSSR count). The van der Waals surface area contributed by atoms with Gasteiger partial charge in [0, 0.05) is 12.1 Å². The quantitative estimate of drug-likeness (QED) is 0.450. The monoisotopic (exact) mass is 400 g/mol. The summed E-state index contributed by atoms with van der Waals surface area (Å²) in [4.78, 5) is 20.0. The van der Waals surface area contributed by atoms with E-state index in [4.69, 9.17) is 4.42 Å². The molecule has 0 spiro atoms. The lowest BCUT2D eigenvalue weighted by Crippen LogP contribution is -2.03. The van der Waals surface area contributed by atoms with Gasteiger partial charge in [-0.25, -0.2) is 8.42 Å². The van der Waals surface area contributed by atoms with Crippen molar-refractivity contribution in [3.8, 4) is 0 Å². The number of hydrogen-bond donors (Lipinski definition) is 0. The Hall–Kier alpha value is -3.79. The molecule has 0 bridgehead atoms. The zero-order valence-electron chi connectivity index (χ0n) is 14.1. The van der Waals surface area contributed by atoms with Crippen molar-refractivity contribution in [3.05, 3.63) is 98.3 Å². The Kier molecular flexibility index (Phi) is 5.05. The number of rotatable bonds is 6. The summed E-state index contributed by atoms with van der Waals surface area (Å²) >= 11 is 0. The van der Waals surface area contributed by atoms with E-state index in [1.54, 1.807) is 18.2 Å². The SMILES string of the molecule is O=[N+]([O-])c1ccc(/C=C(\c2ccc([N+](=O)[O-])o2)S(=O)(=O)c2ccccc2)cc1. The molecular weight excluding hydrogens is 388 g/mol. The zero-order valence-corrected chi connectivity index (χ0v) is 14.9. The summed E-state index contributed by atoms with van der Waals surface area (Å²) < 4.78 is 31.3. The smallest absolute Gasteiger partial charge is 0.400 e. The van der Waals surface area contributed by atoms with E-state index >= 15 is 0 Å². The molecule has 0 saturated carbocycles. The molecule has 0 unspecified atom stereocenters. The fourth-order valence-electron chi connectivity index (χ4n) is 2.41. The van der Waals surface area contributed by atoms with Crippen molar-refractivity contribution in [1.82, 2.24) is 0 Å². The second kappa shape index (κ2) is 7.45. The normalized spacial score (nSPS) is 11.9. The van der Waals surface area contributed by atoms with E-state index < -0.39 is 25.6 Å². The van der Waals surface area contributed by atoms with Crippen LogP contribution in [0.1, 0.15) is 11.3 Å². The summed E-state index contributed by atoms with van der Waals surface area (Å²) in [5.74, 6) is -0.818. The minimum Gasteiger partial charge on any atom is -0.400 e. The lowest BCUT2D eigenvalue weighted by molar-refractivity contribution is -0.402. The first-order chi connectivity index (χ1) is 13.3. The Labute approximate surface area is 158 Å². The molecule has 1 heterocycles. The van der Waals surface area contributed by atoms with Gasteiger partial charge in [0.1, 0.15) is 9.83 Å². The molecule has 28 heavy (non-hydrogen) atoms. The van der Waals surface area contributed by atoms with Crippen LogP contribution >= 0.6 is 0 Å². The summed E-state index contributed by atoms with van der Waals surface area (Å²) in [6.07, 6.45) is 1.24. The van der Waals surface area contributed by atoms with E-state index in [2.05, 4.69) is 0 Å². The van der Waals surface area contributed by atoms with Crippen molar-refractivity contribution in [3.63, 3.8) is 0 Å². The fraction of sp³-hybridized carbons (Fsp3) is 0. The number of nitro benzene ring substituents is 1. The first kappa shape index (κ1) is 19.0. The summed E-state index contributed by atoms with van der Waals surface area (Å²) in [6, 6.07) is 14.9. The maximum absolute atomic E-state index is 13.1. The van der Waals surface area contributed by atoms with Crippen molar-refractivity contribution in [1.29, 1.82) is 0 Å². The fourth-order valence-corrected chi connectivity index (χ4v) is 3.84. The van der Waals surface area contributed by atoms with Crippen LogP contribution in [0.4, 0.5) is 11.6 Å². The molecule has 2 aromatic carbocycles. The molecule has 0 aliphatic carbocycles.